The van der Waals surface area contributed by atoms with Crippen LogP contribution in [0.5, 0.6) is 0 Å². The van der Waals surface area contributed by atoms with E-state index in [2.05, 4.69) is 4.74 Å². The van der Waals surface area contributed by atoms with Crippen molar-refractivity contribution in [2.75, 3.05) is 6.61 Å². The van der Waals surface area contributed by atoms with Crippen LogP contribution in [-0.2, 0) is 4.74 Å². The summed E-state index contributed by atoms with van der Waals surface area (Å²) in [5, 5.41) is 16.4. The van der Waals surface area contributed by atoms with Crippen LogP contribution in [-0.4, -0.2) is 22.7 Å². The van der Waals surface area contributed by atoms with Gasteiger partial charge in [-0.1, -0.05) is 0 Å². The number of amides is 1. The molecule has 0 spiro atoms. The molecule has 0 aromatic carbocycles. The number of hydrogen-bond donors (Lipinski definition) is 0. The smallest absolute Gasteiger partial charge is 0.445 e. The fourth-order valence-electron chi connectivity index (χ4n) is 0.329. The molecule has 11 heavy (non-hydrogen) atoms. The highest BCUT2D eigenvalue weighted by Crippen LogP contribution is 1.90. The maximum atomic E-state index is 10.5. The van der Waals surface area contributed by atoms with Gasteiger partial charge in [0.1, 0.15) is 0 Å². The summed E-state index contributed by atoms with van der Waals surface area (Å²) in [5.74, 6) is 0. The Labute approximate surface area is 61.9 Å². The molecular weight excluding hydrogens is 154 g/mol. The molecule has 0 aliphatic heterocycles. The zero-order chi connectivity index (χ0) is 8.85. The lowest BCUT2D eigenvalue weighted by molar-refractivity contribution is -0.616. The van der Waals surface area contributed by atoms with Crippen molar-refractivity contribution in [1.29, 1.82) is 5.26 Å². The van der Waals surface area contributed by atoms with Crippen LogP contribution in [0.15, 0.2) is 0 Å². The second-order valence-corrected chi connectivity index (χ2v) is 1.35. The van der Waals surface area contributed by atoms with Crippen LogP contribution in [0.1, 0.15) is 6.92 Å². The van der Waals surface area contributed by atoms with Crippen LogP contribution < -0.4 is 0 Å². The number of ether oxygens (including phenoxy) is 1. The Hall–Kier alpha value is -1.84. The van der Waals surface area contributed by atoms with Gasteiger partial charge in [-0.05, 0) is 6.92 Å². The molecule has 0 heterocycles. The van der Waals surface area contributed by atoms with Gasteiger partial charge in [0.2, 0.25) is 0 Å². The van der Waals surface area contributed by atoms with Gasteiger partial charge in [-0.2, -0.15) is 5.26 Å². The Morgan fingerprint density at radius 3 is 2.73 bits per heavy atom. The third kappa shape index (κ3) is 2.49. The lowest BCUT2D eigenvalue weighted by Crippen LogP contribution is -2.32. The topological polar surface area (TPSA) is 96.5 Å². The molecule has 0 N–H and O–H groups in total. The van der Waals surface area contributed by atoms with E-state index in [9.17, 15) is 14.9 Å². The summed E-state index contributed by atoms with van der Waals surface area (Å²) in [7, 11) is 0. The molecule has 0 aromatic heterocycles. The predicted octanol–water partition coefficient (Wildman–Crippen LogP) is 0.118. The standard InChI is InChI=1S/C4H5N3O4/c1-2-11-4(8)6(3-5)7(9)10/h2H2,1H3. The van der Waals surface area contributed by atoms with Crippen LogP contribution >= 0.6 is 0 Å². The average Bonchev–Trinajstić information content (AvgIpc) is 1.88. The van der Waals surface area contributed by atoms with E-state index in [0.29, 0.717) is 0 Å². The van der Waals surface area contributed by atoms with E-state index in [1.807, 2.05) is 0 Å². The molecule has 0 aliphatic rings. The van der Waals surface area contributed by atoms with Crippen LogP contribution in [0.4, 0.5) is 4.79 Å². The van der Waals surface area contributed by atoms with Crippen molar-refractivity contribution in [2.45, 2.75) is 6.92 Å². The summed E-state index contributed by atoms with van der Waals surface area (Å²) in [6, 6.07) is 0. The molecule has 0 saturated carbocycles. The zero-order valence-electron chi connectivity index (χ0n) is 5.68. The van der Waals surface area contributed by atoms with Gasteiger partial charge in [-0.25, -0.2) is 14.9 Å². The summed E-state index contributed by atoms with van der Waals surface area (Å²) in [6.45, 7) is 1.47. The highest BCUT2D eigenvalue weighted by Gasteiger charge is 2.25. The molecule has 7 heteroatoms. The van der Waals surface area contributed by atoms with Crippen molar-refractivity contribution in [2.24, 2.45) is 0 Å². The Morgan fingerprint density at radius 2 is 2.45 bits per heavy atom. The van der Waals surface area contributed by atoms with E-state index in [4.69, 9.17) is 5.26 Å². The van der Waals surface area contributed by atoms with E-state index >= 15 is 0 Å². The van der Waals surface area contributed by atoms with Crippen LogP contribution in [0, 0.1) is 21.6 Å². The molecule has 60 valence electrons. The van der Waals surface area contributed by atoms with Crippen molar-refractivity contribution in [3.8, 4) is 6.19 Å². The highest BCUT2D eigenvalue weighted by atomic mass is 16.7. The van der Waals surface area contributed by atoms with Gasteiger partial charge in [0, 0.05) is 0 Å². The first-order chi connectivity index (χ1) is 5.13. The molecule has 0 rings (SSSR count). The van der Waals surface area contributed by atoms with Gasteiger partial charge in [-0.3, -0.25) is 0 Å². The lowest BCUT2D eigenvalue weighted by atomic mass is 10.8. The van der Waals surface area contributed by atoms with E-state index in [1.165, 1.54) is 6.92 Å². The molecule has 0 radical (unpaired) electrons. The molecule has 0 fully saturated rings. The zero-order valence-corrected chi connectivity index (χ0v) is 5.68. The molecule has 0 saturated heterocycles. The van der Waals surface area contributed by atoms with Crippen molar-refractivity contribution >= 4 is 6.09 Å². The minimum Gasteiger partial charge on any atom is -0.445 e. The predicted molar refractivity (Wildman–Crippen MR) is 31.5 cm³/mol. The summed E-state index contributed by atoms with van der Waals surface area (Å²) in [4.78, 5) is 20.3. The van der Waals surface area contributed by atoms with E-state index in [0.717, 1.165) is 6.19 Å². The molecular formula is C4H5N3O4. The van der Waals surface area contributed by atoms with Gasteiger partial charge < -0.3 is 4.74 Å². The molecule has 7 nitrogen and oxygen atoms in total. The second kappa shape index (κ2) is 4.05. The quantitative estimate of drug-likeness (QED) is 0.246. The molecule has 0 unspecified atom stereocenters. The SMILES string of the molecule is CCOC(=O)N(C#N)[N+](=O)[O-]. The normalized spacial score (nSPS) is 8.00. The van der Waals surface area contributed by atoms with Gasteiger partial charge in [0.05, 0.1) is 11.6 Å². The molecule has 1 amide bonds. The Kier molecular flexibility index (Phi) is 3.37. The van der Waals surface area contributed by atoms with E-state index < -0.39 is 11.1 Å². The fraction of sp³-hybridized carbons (Fsp3) is 0.500. The number of carbonyl (C=O) groups excluding carboxylic acids is 1. The Bertz CT molecular complexity index is 208. The number of hydrogen-bond acceptors (Lipinski definition) is 5. The fourth-order valence-corrected chi connectivity index (χ4v) is 0.329. The van der Waals surface area contributed by atoms with E-state index in [1.54, 1.807) is 0 Å². The Morgan fingerprint density at radius 1 is 1.91 bits per heavy atom. The average molecular weight is 159 g/mol. The first kappa shape index (κ1) is 9.16. The third-order valence-electron chi connectivity index (χ3n) is 0.699. The van der Waals surface area contributed by atoms with Crippen molar-refractivity contribution in [1.82, 2.24) is 5.01 Å². The van der Waals surface area contributed by atoms with Crippen LogP contribution in [0.2, 0.25) is 0 Å². The third-order valence-corrected chi connectivity index (χ3v) is 0.699. The van der Waals surface area contributed by atoms with Crippen LogP contribution in [0.3, 0.4) is 0 Å². The minimum atomic E-state index is -1.28. The first-order valence-electron chi connectivity index (χ1n) is 2.64. The first-order valence-corrected chi connectivity index (χ1v) is 2.64. The number of nitrogens with zero attached hydrogens (tertiary/aromatic N) is 3. The summed E-state index contributed by atoms with van der Waals surface area (Å²) in [6.07, 6.45) is -0.232. The number of hydrazine groups is 1. The lowest BCUT2D eigenvalue weighted by Gasteiger charge is -2.01. The van der Waals surface area contributed by atoms with E-state index in [-0.39, 0.29) is 11.6 Å². The monoisotopic (exact) mass is 159 g/mol. The number of rotatable bonds is 2. The highest BCUT2D eigenvalue weighted by molar-refractivity contribution is 5.67. The van der Waals surface area contributed by atoms with Gasteiger partial charge in [0.25, 0.3) is 6.19 Å². The summed E-state index contributed by atoms with van der Waals surface area (Å²) >= 11 is 0. The van der Waals surface area contributed by atoms with Gasteiger partial charge in [0.15, 0.2) is 5.03 Å². The summed E-state index contributed by atoms with van der Waals surface area (Å²) < 4.78 is 4.18. The second-order valence-electron chi connectivity index (χ2n) is 1.35. The molecule has 0 aliphatic carbocycles. The van der Waals surface area contributed by atoms with Crippen molar-refractivity contribution in [3.63, 3.8) is 0 Å². The minimum absolute atomic E-state index is 0.00907. The number of nitriles is 1. The molecule has 0 bridgehead atoms. The van der Waals surface area contributed by atoms with Crippen LogP contribution in [0.25, 0.3) is 0 Å². The van der Waals surface area contributed by atoms with Gasteiger partial charge >= 0.3 is 6.09 Å². The van der Waals surface area contributed by atoms with Crippen molar-refractivity contribution < 1.29 is 14.6 Å². The maximum Gasteiger partial charge on any atom is 0.483 e. The maximum absolute atomic E-state index is 10.5. The molecule has 0 atom stereocenters. The summed E-state index contributed by atoms with van der Waals surface area (Å²) in [5.41, 5.74) is 0. The molecule has 0 aromatic rings. The van der Waals surface area contributed by atoms with Gasteiger partial charge in [-0.15, -0.1) is 0 Å². The van der Waals surface area contributed by atoms with Crippen molar-refractivity contribution in [3.05, 3.63) is 10.1 Å². The number of carbonyl (C=O) groups is 1. The Balaban J connectivity index is 4.18. The number of nitro groups is 1. The largest absolute Gasteiger partial charge is 0.483 e.